The predicted octanol–water partition coefficient (Wildman–Crippen LogP) is 2.92. The fourth-order valence-corrected chi connectivity index (χ4v) is 1.39. The van der Waals surface area contributed by atoms with Crippen LogP contribution in [0.4, 0.5) is 18.9 Å². The average molecular weight is 291 g/mol. The number of nitrogen functional groups attached to an aromatic ring is 1. The molecule has 0 bridgehead atoms. The molecule has 20 heavy (non-hydrogen) atoms. The van der Waals surface area contributed by atoms with Gasteiger partial charge in [-0.25, -0.2) is 0 Å². The summed E-state index contributed by atoms with van der Waals surface area (Å²) in [5.41, 5.74) is 6.08. The predicted molar refractivity (Wildman–Crippen MR) is 67.2 cm³/mol. The summed E-state index contributed by atoms with van der Waals surface area (Å²) < 4.78 is 45.4. The summed E-state index contributed by atoms with van der Waals surface area (Å²) in [6, 6.07) is 6.80. The lowest BCUT2D eigenvalue weighted by Gasteiger charge is -2.09. The van der Waals surface area contributed by atoms with E-state index in [9.17, 15) is 18.0 Å². The van der Waals surface area contributed by atoms with E-state index in [0.29, 0.717) is 11.4 Å². The van der Waals surface area contributed by atoms with E-state index in [2.05, 4.69) is 4.74 Å². The molecule has 0 aliphatic rings. The Morgan fingerprint density at radius 3 is 2.55 bits per heavy atom. The molecule has 0 aliphatic heterocycles. The minimum Gasteiger partial charge on any atom is -0.491 e. The normalized spacial score (nSPS) is 11.2. The van der Waals surface area contributed by atoms with E-state index >= 15 is 0 Å². The van der Waals surface area contributed by atoms with Gasteiger partial charge in [-0.3, -0.25) is 4.79 Å². The van der Waals surface area contributed by atoms with Crippen LogP contribution >= 0.6 is 0 Å². The Labute approximate surface area is 114 Å². The highest BCUT2D eigenvalue weighted by Crippen LogP contribution is 2.21. The first-order chi connectivity index (χ1) is 9.38. The third kappa shape index (κ3) is 6.86. The maximum absolute atomic E-state index is 11.8. The molecule has 1 aromatic carbocycles. The van der Waals surface area contributed by atoms with Crippen molar-refractivity contribution in [2.75, 3.05) is 18.9 Å². The molecule has 4 nitrogen and oxygen atoms in total. The summed E-state index contributed by atoms with van der Waals surface area (Å²) >= 11 is 0. The summed E-state index contributed by atoms with van der Waals surface area (Å²) in [7, 11) is 0. The zero-order valence-electron chi connectivity index (χ0n) is 10.8. The van der Waals surface area contributed by atoms with Crippen molar-refractivity contribution in [3.05, 3.63) is 24.3 Å². The summed E-state index contributed by atoms with van der Waals surface area (Å²) in [4.78, 5) is 11.2. The van der Waals surface area contributed by atoms with Crippen LogP contribution in [-0.2, 0) is 9.53 Å². The van der Waals surface area contributed by atoms with Gasteiger partial charge in [0.25, 0.3) is 0 Å². The topological polar surface area (TPSA) is 61.5 Å². The SMILES string of the molecule is Nc1ccccc1OCCC(=O)OCCCC(F)(F)F. The van der Waals surface area contributed by atoms with Crippen molar-refractivity contribution in [2.45, 2.75) is 25.4 Å². The summed E-state index contributed by atoms with van der Waals surface area (Å²) in [6.45, 7) is -0.182. The molecule has 0 fully saturated rings. The number of ether oxygens (including phenoxy) is 2. The molecule has 0 radical (unpaired) electrons. The smallest absolute Gasteiger partial charge is 0.389 e. The minimum atomic E-state index is -4.22. The molecule has 0 amide bonds. The fraction of sp³-hybridized carbons (Fsp3) is 0.462. The molecule has 2 N–H and O–H groups in total. The van der Waals surface area contributed by atoms with Crippen LogP contribution in [0.15, 0.2) is 24.3 Å². The monoisotopic (exact) mass is 291 g/mol. The van der Waals surface area contributed by atoms with Gasteiger partial charge in [0.05, 0.1) is 25.3 Å². The van der Waals surface area contributed by atoms with Gasteiger partial charge in [0.1, 0.15) is 5.75 Å². The largest absolute Gasteiger partial charge is 0.491 e. The Morgan fingerprint density at radius 2 is 1.90 bits per heavy atom. The number of nitrogens with two attached hydrogens (primary N) is 1. The Hall–Kier alpha value is -1.92. The molecule has 0 saturated carbocycles. The summed E-state index contributed by atoms with van der Waals surface area (Å²) in [6.07, 6.45) is -5.46. The highest BCUT2D eigenvalue weighted by atomic mass is 19.4. The number of anilines is 1. The van der Waals surface area contributed by atoms with Crippen LogP contribution in [0.2, 0.25) is 0 Å². The third-order valence-corrected chi connectivity index (χ3v) is 2.35. The van der Waals surface area contributed by atoms with E-state index in [1.807, 2.05) is 0 Å². The zero-order chi connectivity index (χ0) is 15.0. The van der Waals surface area contributed by atoms with E-state index in [-0.39, 0.29) is 26.1 Å². The lowest BCUT2D eigenvalue weighted by Crippen LogP contribution is -2.13. The Bertz CT molecular complexity index is 435. The van der Waals surface area contributed by atoms with Gasteiger partial charge in [0, 0.05) is 6.42 Å². The van der Waals surface area contributed by atoms with E-state index in [1.54, 1.807) is 24.3 Å². The van der Waals surface area contributed by atoms with Crippen molar-refractivity contribution in [1.82, 2.24) is 0 Å². The van der Waals surface area contributed by atoms with E-state index < -0.39 is 18.6 Å². The number of carbonyl (C=O) groups is 1. The van der Waals surface area contributed by atoms with Gasteiger partial charge in [-0.05, 0) is 18.6 Å². The van der Waals surface area contributed by atoms with Crippen LogP contribution < -0.4 is 10.5 Å². The maximum atomic E-state index is 11.8. The number of carbonyl (C=O) groups excluding carboxylic acids is 1. The molecular formula is C13H16F3NO3. The molecule has 0 saturated heterocycles. The van der Waals surface area contributed by atoms with Gasteiger partial charge in [-0.2, -0.15) is 13.2 Å². The number of hydrogen-bond donors (Lipinski definition) is 1. The van der Waals surface area contributed by atoms with Crippen molar-refractivity contribution in [3.8, 4) is 5.75 Å². The van der Waals surface area contributed by atoms with Gasteiger partial charge >= 0.3 is 12.1 Å². The molecule has 0 aromatic heterocycles. The number of alkyl halides is 3. The van der Waals surface area contributed by atoms with E-state index in [4.69, 9.17) is 10.5 Å². The second-order valence-electron chi connectivity index (χ2n) is 4.08. The number of esters is 1. The quantitative estimate of drug-likeness (QED) is 0.476. The fourth-order valence-electron chi connectivity index (χ4n) is 1.39. The Balaban J connectivity index is 2.13. The standard InChI is InChI=1S/C13H16F3NO3/c14-13(15,16)7-3-8-20-12(18)6-9-19-11-5-2-1-4-10(11)17/h1-2,4-5H,3,6-9,17H2. The first-order valence-electron chi connectivity index (χ1n) is 6.08. The first-order valence-corrected chi connectivity index (χ1v) is 6.08. The second-order valence-corrected chi connectivity index (χ2v) is 4.08. The van der Waals surface area contributed by atoms with Gasteiger partial charge in [0.2, 0.25) is 0 Å². The lowest BCUT2D eigenvalue weighted by molar-refractivity contribution is -0.150. The van der Waals surface area contributed by atoms with E-state index in [0.717, 1.165) is 0 Å². The Kier molecular flexibility index (Phi) is 6.14. The molecule has 0 aliphatic carbocycles. The van der Waals surface area contributed by atoms with Gasteiger partial charge in [-0.1, -0.05) is 12.1 Å². The minimum absolute atomic E-state index is 0.0413. The molecule has 0 spiro atoms. The molecule has 0 unspecified atom stereocenters. The number of para-hydroxylation sites is 2. The van der Waals surface area contributed by atoms with Crippen molar-refractivity contribution in [2.24, 2.45) is 0 Å². The Morgan fingerprint density at radius 1 is 1.20 bits per heavy atom. The molecule has 7 heteroatoms. The maximum Gasteiger partial charge on any atom is 0.389 e. The van der Waals surface area contributed by atoms with Crippen LogP contribution in [0.3, 0.4) is 0 Å². The number of benzene rings is 1. The molecule has 1 rings (SSSR count). The van der Waals surface area contributed by atoms with Crippen molar-refractivity contribution in [1.29, 1.82) is 0 Å². The number of halogens is 3. The second kappa shape index (κ2) is 7.62. The number of rotatable bonds is 7. The van der Waals surface area contributed by atoms with Crippen molar-refractivity contribution >= 4 is 11.7 Å². The number of hydrogen-bond acceptors (Lipinski definition) is 4. The summed E-state index contributed by atoms with van der Waals surface area (Å²) in [5.74, 6) is -0.140. The third-order valence-electron chi connectivity index (χ3n) is 2.35. The molecule has 0 heterocycles. The van der Waals surface area contributed by atoms with E-state index in [1.165, 1.54) is 0 Å². The molecule has 0 atom stereocenters. The average Bonchev–Trinajstić information content (AvgIpc) is 2.36. The van der Waals surface area contributed by atoms with Crippen LogP contribution in [0.1, 0.15) is 19.3 Å². The summed E-state index contributed by atoms with van der Waals surface area (Å²) in [5, 5.41) is 0. The van der Waals surface area contributed by atoms with Crippen LogP contribution in [0.5, 0.6) is 5.75 Å². The molecule has 1 aromatic rings. The van der Waals surface area contributed by atoms with Crippen LogP contribution in [-0.4, -0.2) is 25.4 Å². The first kappa shape index (κ1) is 16.1. The van der Waals surface area contributed by atoms with Crippen LogP contribution in [0.25, 0.3) is 0 Å². The van der Waals surface area contributed by atoms with Gasteiger partial charge in [-0.15, -0.1) is 0 Å². The molecular weight excluding hydrogens is 275 g/mol. The highest BCUT2D eigenvalue weighted by molar-refractivity contribution is 5.69. The van der Waals surface area contributed by atoms with Crippen molar-refractivity contribution < 1.29 is 27.4 Å². The van der Waals surface area contributed by atoms with Crippen LogP contribution in [0, 0.1) is 0 Å². The highest BCUT2D eigenvalue weighted by Gasteiger charge is 2.26. The van der Waals surface area contributed by atoms with Gasteiger partial charge < -0.3 is 15.2 Å². The van der Waals surface area contributed by atoms with Gasteiger partial charge in [0.15, 0.2) is 0 Å². The van der Waals surface area contributed by atoms with Crippen molar-refractivity contribution in [3.63, 3.8) is 0 Å². The lowest BCUT2D eigenvalue weighted by atomic mass is 10.3. The molecule has 112 valence electrons. The zero-order valence-corrected chi connectivity index (χ0v) is 10.8.